The highest BCUT2D eigenvalue weighted by Gasteiger charge is 2.27. The first-order valence-electron chi connectivity index (χ1n) is 6.54. The zero-order valence-corrected chi connectivity index (χ0v) is 10.9. The first kappa shape index (κ1) is 12.4. The highest BCUT2D eigenvalue weighted by atomic mass is 15.1. The Morgan fingerprint density at radius 2 is 2.12 bits per heavy atom. The van der Waals surface area contributed by atoms with E-state index in [2.05, 4.69) is 29.8 Å². The molecule has 0 radical (unpaired) electrons. The van der Waals surface area contributed by atoms with Crippen LogP contribution in [0.4, 0.5) is 5.82 Å². The molecule has 0 spiro atoms. The van der Waals surface area contributed by atoms with Gasteiger partial charge in [0.05, 0.1) is 0 Å². The van der Waals surface area contributed by atoms with Crippen molar-refractivity contribution in [3.63, 3.8) is 0 Å². The fraction of sp³-hybridized carbons (Fsp3) is 0.643. The van der Waals surface area contributed by atoms with Gasteiger partial charge in [0, 0.05) is 12.7 Å². The summed E-state index contributed by atoms with van der Waals surface area (Å²) < 4.78 is 0. The van der Waals surface area contributed by atoms with Crippen LogP contribution in [0, 0.1) is 5.41 Å². The molecule has 1 aromatic heterocycles. The Balaban J connectivity index is 1.90. The molecule has 1 aliphatic heterocycles. The molecule has 0 amide bonds. The van der Waals surface area contributed by atoms with Gasteiger partial charge in [-0.05, 0) is 49.0 Å². The van der Waals surface area contributed by atoms with Crippen molar-refractivity contribution in [3.05, 3.63) is 23.9 Å². The van der Waals surface area contributed by atoms with Gasteiger partial charge >= 0.3 is 0 Å². The van der Waals surface area contributed by atoms with E-state index in [1.165, 1.54) is 37.9 Å². The number of nitrogens with two attached hydrogens (primary N) is 1. The Morgan fingerprint density at radius 1 is 1.41 bits per heavy atom. The van der Waals surface area contributed by atoms with Crippen LogP contribution in [0.25, 0.3) is 0 Å². The predicted molar refractivity (Wildman–Crippen MR) is 71.6 cm³/mol. The van der Waals surface area contributed by atoms with E-state index in [0.29, 0.717) is 11.2 Å². The van der Waals surface area contributed by atoms with Gasteiger partial charge < -0.3 is 5.73 Å². The van der Waals surface area contributed by atoms with Gasteiger partial charge in [-0.25, -0.2) is 4.98 Å². The summed E-state index contributed by atoms with van der Waals surface area (Å²) in [5.74, 6) is 0.623. The Bertz CT molecular complexity index is 367. The largest absolute Gasteiger partial charge is 0.384 e. The highest BCUT2D eigenvalue weighted by Crippen LogP contribution is 2.34. The van der Waals surface area contributed by atoms with Gasteiger partial charge in [-0.3, -0.25) is 4.90 Å². The van der Waals surface area contributed by atoms with Crippen molar-refractivity contribution >= 4 is 5.82 Å². The Kier molecular flexibility index (Phi) is 3.67. The quantitative estimate of drug-likeness (QED) is 0.872. The fourth-order valence-corrected chi connectivity index (χ4v) is 2.46. The van der Waals surface area contributed by atoms with Gasteiger partial charge in [0.15, 0.2) is 0 Å². The van der Waals surface area contributed by atoms with Crippen LogP contribution >= 0.6 is 0 Å². The summed E-state index contributed by atoms with van der Waals surface area (Å²) in [6, 6.07) is 4.04. The molecule has 0 unspecified atom stereocenters. The highest BCUT2D eigenvalue weighted by molar-refractivity contribution is 5.31. The van der Waals surface area contributed by atoms with Crippen LogP contribution < -0.4 is 5.73 Å². The van der Waals surface area contributed by atoms with E-state index >= 15 is 0 Å². The number of piperidine rings is 1. The van der Waals surface area contributed by atoms with E-state index in [-0.39, 0.29) is 0 Å². The molecule has 2 rings (SSSR count). The molecule has 0 saturated carbocycles. The average molecular weight is 233 g/mol. The smallest absolute Gasteiger partial charge is 0.123 e. The lowest BCUT2D eigenvalue weighted by molar-refractivity contribution is 0.109. The molecule has 1 saturated heterocycles. The van der Waals surface area contributed by atoms with Crippen molar-refractivity contribution in [3.8, 4) is 0 Å². The Labute approximate surface area is 104 Å². The molecular weight excluding hydrogens is 210 g/mol. The first-order chi connectivity index (χ1) is 8.11. The Hall–Kier alpha value is -1.09. The number of rotatable bonds is 3. The van der Waals surface area contributed by atoms with Crippen LogP contribution in [0.3, 0.4) is 0 Å². The number of aromatic nitrogens is 1. The van der Waals surface area contributed by atoms with Crippen molar-refractivity contribution in [1.29, 1.82) is 0 Å². The molecule has 1 aromatic rings. The van der Waals surface area contributed by atoms with E-state index < -0.39 is 0 Å². The summed E-state index contributed by atoms with van der Waals surface area (Å²) >= 11 is 0. The summed E-state index contributed by atoms with van der Waals surface area (Å²) in [6.45, 7) is 8.12. The van der Waals surface area contributed by atoms with Crippen LogP contribution in [0.5, 0.6) is 0 Å². The van der Waals surface area contributed by atoms with Gasteiger partial charge in [-0.2, -0.15) is 0 Å². The number of nitrogens with zero attached hydrogens (tertiary/aromatic N) is 2. The lowest BCUT2D eigenvalue weighted by Crippen LogP contribution is -2.37. The summed E-state index contributed by atoms with van der Waals surface area (Å²) in [7, 11) is 0. The van der Waals surface area contributed by atoms with E-state index in [1.807, 2.05) is 6.07 Å². The van der Waals surface area contributed by atoms with Crippen molar-refractivity contribution < 1.29 is 0 Å². The van der Waals surface area contributed by atoms with Crippen LogP contribution in [0.2, 0.25) is 0 Å². The van der Waals surface area contributed by atoms with Crippen LogP contribution in [-0.4, -0.2) is 23.0 Å². The molecule has 2 N–H and O–H groups in total. The minimum Gasteiger partial charge on any atom is -0.384 e. The van der Waals surface area contributed by atoms with E-state index in [9.17, 15) is 0 Å². The van der Waals surface area contributed by atoms with Gasteiger partial charge in [-0.1, -0.05) is 20.3 Å². The molecule has 3 heteroatoms. The SMILES string of the molecule is CCC1(C)CCN(Cc2ccnc(N)c2)CC1. The minimum absolute atomic E-state index is 0.563. The molecule has 1 aliphatic rings. The number of hydrogen-bond acceptors (Lipinski definition) is 3. The van der Waals surface area contributed by atoms with E-state index in [1.54, 1.807) is 6.20 Å². The maximum Gasteiger partial charge on any atom is 0.123 e. The van der Waals surface area contributed by atoms with Gasteiger partial charge in [0.1, 0.15) is 5.82 Å². The van der Waals surface area contributed by atoms with E-state index in [4.69, 9.17) is 5.73 Å². The molecule has 0 aliphatic carbocycles. The molecule has 0 bridgehead atoms. The molecule has 2 heterocycles. The zero-order valence-electron chi connectivity index (χ0n) is 10.9. The fourth-order valence-electron chi connectivity index (χ4n) is 2.46. The molecule has 3 nitrogen and oxygen atoms in total. The third-order valence-corrected chi connectivity index (χ3v) is 4.17. The number of likely N-dealkylation sites (tertiary alicyclic amines) is 1. The molecule has 0 aromatic carbocycles. The van der Waals surface area contributed by atoms with Gasteiger partial charge in [0.2, 0.25) is 0 Å². The minimum atomic E-state index is 0.563. The molecule has 94 valence electrons. The number of nitrogen functional groups attached to an aromatic ring is 1. The van der Waals surface area contributed by atoms with Crippen LogP contribution in [0.15, 0.2) is 18.3 Å². The summed E-state index contributed by atoms with van der Waals surface area (Å²) in [5.41, 5.74) is 7.54. The van der Waals surface area contributed by atoms with Crippen molar-refractivity contribution in [1.82, 2.24) is 9.88 Å². The summed E-state index contributed by atoms with van der Waals surface area (Å²) in [6.07, 6.45) is 5.71. The van der Waals surface area contributed by atoms with Crippen molar-refractivity contribution in [2.24, 2.45) is 5.41 Å². The standard InChI is InChI=1S/C14H23N3/c1-3-14(2)5-8-17(9-6-14)11-12-4-7-16-13(15)10-12/h4,7,10H,3,5-6,8-9,11H2,1-2H3,(H2,15,16). The molecule has 17 heavy (non-hydrogen) atoms. The van der Waals surface area contributed by atoms with Crippen LogP contribution in [0.1, 0.15) is 38.7 Å². The predicted octanol–water partition coefficient (Wildman–Crippen LogP) is 2.68. The number of hydrogen-bond donors (Lipinski definition) is 1. The molecular formula is C14H23N3. The van der Waals surface area contributed by atoms with Crippen molar-refractivity contribution in [2.45, 2.75) is 39.7 Å². The maximum absolute atomic E-state index is 5.70. The summed E-state index contributed by atoms with van der Waals surface area (Å²) in [4.78, 5) is 6.55. The third kappa shape index (κ3) is 3.19. The zero-order chi connectivity index (χ0) is 12.3. The van der Waals surface area contributed by atoms with Gasteiger partial charge in [0.25, 0.3) is 0 Å². The summed E-state index contributed by atoms with van der Waals surface area (Å²) in [5, 5.41) is 0. The molecule has 0 atom stereocenters. The lowest BCUT2D eigenvalue weighted by Gasteiger charge is -2.38. The lowest BCUT2D eigenvalue weighted by atomic mass is 9.78. The second kappa shape index (κ2) is 5.05. The average Bonchev–Trinajstić information content (AvgIpc) is 2.33. The molecule has 1 fully saturated rings. The van der Waals surface area contributed by atoms with Crippen LogP contribution in [-0.2, 0) is 6.54 Å². The third-order valence-electron chi connectivity index (χ3n) is 4.17. The second-order valence-electron chi connectivity index (χ2n) is 5.53. The van der Waals surface area contributed by atoms with Gasteiger partial charge in [-0.15, -0.1) is 0 Å². The number of pyridine rings is 1. The Morgan fingerprint density at radius 3 is 2.71 bits per heavy atom. The monoisotopic (exact) mass is 233 g/mol. The first-order valence-corrected chi connectivity index (χ1v) is 6.54. The van der Waals surface area contributed by atoms with E-state index in [0.717, 1.165) is 6.54 Å². The topological polar surface area (TPSA) is 42.2 Å². The number of anilines is 1. The maximum atomic E-state index is 5.70. The normalized spacial score (nSPS) is 20.4. The van der Waals surface area contributed by atoms with Crippen molar-refractivity contribution in [2.75, 3.05) is 18.8 Å². The second-order valence-corrected chi connectivity index (χ2v) is 5.53.